The Morgan fingerprint density at radius 1 is 1.09 bits per heavy atom. The van der Waals surface area contributed by atoms with Gasteiger partial charge in [-0.05, 0) is 24.6 Å². The van der Waals surface area contributed by atoms with Crippen LogP contribution in [0.25, 0.3) is 0 Å². The van der Waals surface area contributed by atoms with Crippen molar-refractivity contribution < 1.29 is 18.8 Å². The number of carbonyl (C=O) groups is 1. The van der Waals surface area contributed by atoms with Gasteiger partial charge in [0.2, 0.25) is 5.91 Å². The minimum atomic E-state index is -0.0414. The maximum atomic E-state index is 12.0. The zero-order valence-corrected chi connectivity index (χ0v) is 13.1. The molecule has 5 nitrogen and oxygen atoms in total. The molecule has 1 amide bonds. The average molecular weight is 301 g/mol. The second-order valence-corrected chi connectivity index (χ2v) is 4.98. The molecule has 0 atom stereocenters. The summed E-state index contributed by atoms with van der Waals surface area (Å²) in [5.41, 5.74) is 1.89. The van der Waals surface area contributed by atoms with Gasteiger partial charge in [0.1, 0.15) is 0 Å². The highest BCUT2D eigenvalue weighted by molar-refractivity contribution is 5.90. The van der Waals surface area contributed by atoms with Gasteiger partial charge >= 0.3 is 0 Å². The Bertz CT molecular complexity index is 639. The van der Waals surface area contributed by atoms with Crippen molar-refractivity contribution >= 4 is 11.6 Å². The van der Waals surface area contributed by atoms with Crippen LogP contribution in [0.3, 0.4) is 0 Å². The number of nitrogens with one attached hydrogen (secondary N) is 1. The molecular formula is C17H21N2O3+. The van der Waals surface area contributed by atoms with Crippen LogP contribution in [0.5, 0.6) is 11.5 Å². The Balaban J connectivity index is 1.93. The molecule has 0 saturated heterocycles. The van der Waals surface area contributed by atoms with Crippen LogP contribution in [0.15, 0.2) is 42.7 Å². The quantitative estimate of drug-likeness (QED) is 0.833. The molecule has 1 aromatic heterocycles. The number of benzene rings is 1. The predicted octanol–water partition coefficient (Wildman–Crippen LogP) is 2.33. The highest BCUT2D eigenvalue weighted by Crippen LogP contribution is 2.29. The number of anilines is 1. The zero-order valence-electron chi connectivity index (χ0n) is 13.1. The largest absolute Gasteiger partial charge is 0.493 e. The molecule has 0 aliphatic carbocycles. The van der Waals surface area contributed by atoms with Gasteiger partial charge in [0.05, 0.1) is 20.6 Å². The number of amides is 1. The van der Waals surface area contributed by atoms with Gasteiger partial charge in [0.25, 0.3) is 0 Å². The van der Waals surface area contributed by atoms with Crippen LogP contribution < -0.4 is 19.4 Å². The maximum Gasteiger partial charge on any atom is 0.230 e. The minimum absolute atomic E-state index is 0.0414. The first kappa shape index (κ1) is 15.8. The molecule has 116 valence electrons. The summed E-state index contributed by atoms with van der Waals surface area (Å²) in [5, 5.41) is 2.86. The molecular weight excluding hydrogens is 280 g/mol. The zero-order chi connectivity index (χ0) is 15.9. The first-order chi connectivity index (χ1) is 10.6. The van der Waals surface area contributed by atoms with Crippen molar-refractivity contribution in [3.8, 4) is 11.5 Å². The lowest BCUT2D eigenvalue weighted by molar-refractivity contribution is -0.695. The van der Waals surface area contributed by atoms with Gasteiger partial charge < -0.3 is 14.8 Å². The first-order valence-electron chi connectivity index (χ1n) is 7.10. The summed E-state index contributed by atoms with van der Waals surface area (Å²) in [4.78, 5) is 12.0. The number of aromatic nitrogens is 1. The van der Waals surface area contributed by atoms with Crippen LogP contribution in [0, 0.1) is 6.92 Å². The fraction of sp³-hybridized carbons (Fsp3) is 0.294. The molecule has 0 fully saturated rings. The Morgan fingerprint density at radius 2 is 1.77 bits per heavy atom. The molecule has 0 radical (unpaired) electrons. The van der Waals surface area contributed by atoms with Crippen LogP contribution in [0.1, 0.15) is 12.0 Å². The number of methoxy groups -OCH3 is 2. The minimum Gasteiger partial charge on any atom is -0.493 e. The van der Waals surface area contributed by atoms with Gasteiger partial charge in [-0.3, -0.25) is 4.79 Å². The lowest BCUT2D eigenvalue weighted by atomic mass is 10.2. The Hall–Kier alpha value is -2.56. The SMILES string of the molecule is COc1ccc(NC(=O)CC[n+]2ccc(C)cc2)cc1OC. The van der Waals surface area contributed by atoms with E-state index in [9.17, 15) is 4.79 Å². The number of pyridine rings is 1. The van der Waals surface area contributed by atoms with Crippen LogP contribution in [0.2, 0.25) is 0 Å². The summed E-state index contributed by atoms with van der Waals surface area (Å²) in [6.07, 6.45) is 4.35. The highest BCUT2D eigenvalue weighted by Gasteiger charge is 2.09. The summed E-state index contributed by atoms with van der Waals surface area (Å²) in [6, 6.07) is 9.34. The molecule has 2 rings (SSSR count). The van der Waals surface area contributed by atoms with Gasteiger partial charge in [-0.2, -0.15) is 0 Å². The highest BCUT2D eigenvalue weighted by atomic mass is 16.5. The van der Waals surface area contributed by atoms with Crippen LogP contribution >= 0.6 is 0 Å². The molecule has 1 N–H and O–H groups in total. The van der Waals surface area contributed by atoms with Gasteiger partial charge in [0, 0.05) is 23.9 Å². The number of nitrogens with zero attached hydrogens (tertiary/aromatic N) is 1. The van der Waals surface area contributed by atoms with E-state index in [0.717, 1.165) is 0 Å². The van der Waals surface area contributed by atoms with E-state index >= 15 is 0 Å². The number of aryl methyl sites for hydroxylation is 2. The van der Waals surface area contributed by atoms with Crippen molar-refractivity contribution in [3.63, 3.8) is 0 Å². The van der Waals surface area contributed by atoms with E-state index in [4.69, 9.17) is 9.47 Å². The number of carbonyl (C=O) groups excluding carboxylic acids is 1. The topological polar surface area (TPSA) is 51.4 Å². The number of rotatable bonds is 6. The van der Waals surface area contributed by atoms with E-state index in [1.54, 1.807) is 32.4 Å². The third-order valence-corrected chi connectivity index (χ3v) is 3.32. The monoisotopic (exact) mass is 301 g/mol. The van der Waals surface area contributed by atoms with Gasteiger partial charge in [-0.1, -0.05) is 0 Å². The Kier molecular flexibility index (Phi) is 5.36. The van der Waals surface area contributed by atoms with Crippen molar-refractivity contribution in [1.82, 2.24) is 0 Å². The van der Waals surface area contributed by atoms with E-state index < -0.39 is 0 Å². The molecule has 0 saturated carbocycles. The summed E-state index contributed by atoms with van der Waals surface area (Å²) in [7, 11) is 3.15. The van der Waals surface area contributed by atoms with E-state index in [0.29, 0.717) is 30.2 Å². The molecule has 0 spiro atoms. The van der Waals surface area contributed by atoms with Crippen molar-refractivity contribution in [2.75, 3.05) is 19.5 Å². The fourth-order valence-electron chi connectivity index (χ4n) is 2.05. The first-order valence-corrected chi connectivity index (χ1v) is 7.10. The van der Waals surface area contributed by atoms with E-state index in [-0.39, 0.29) is 5.91 Å². The lowest BCUT2D eigenvalue weighted by Crippen LogP contribution is -2.34. The average Bonchev–Trinajstić information content (AvgIpc) is 2.54. The molecule has 0 unspecified atom stereocenters. The molecule has 22 heavy (non-hydrogen) atoms. The smallest absolute Gasteiger partial charge is 0.230 e. The van der Waals surface area contributed by atoms with Gasteiger partial charge in [0.15, 0.2) is 30.4 Å². The van der Waals surface area contributed by atoms with Crippen molar-refractivity contribution in [2.45, 2.75) is 19.9 Å². The lowest BCUT2D eigenvalue weighted by Gasteiger charge is -2.10. The number of hydrogen-bond acceptors (Lipinski definition) is 3. The summed E-state index contributed by atoms with van der Waals surface area (Å²) >= 11 is 0. The predicted molar refractivity (Wildman–Crippen MR) is 84.2 cm³/mol. The van der Waals surface area contributed by atoms with Crippen LogP contribution in [-0.2, 0) is 11.3 Å². The summed E-state index contributed by atoms with van der Waals surface area (Å²) in [5.74, 6) is 1.18. The fourth-order valence-corrected chi connectivity index (χ4v) is 2.05. The van der Waals surface area contributed by atoms with E-state index in [1.807, 2.05) is 36.0 Å². The Labute approximate surface area is 130 Å². The maximum absolute atomic E-state index is 12.0. The van der Waals surface area contributed by atoms with Crippen molar-refractivity contribution in [3.05, 3.63) is 48.3 Å². The van der Waals surface area contributed by atoms with Crippen LogP contribution in [-0.4, -0.2) is 20.1 Å². The molecule has 1 heterocycles. The normalized spacial score (nSPS) is 10.1. The third kappa shape index (κ3) is 4.22. The third-order valence-electron chi connectivity index (χ3n) is 3.32. The van der Waals surface area contributed by atoms with Crippen molar-refractivity contribution in [1.29, 1.82) is 0 Å². The molecule has 1 aromatic carbocycles. The molecule has 0 aliphatic heterocycles. The van der Waals surface area contributed by atoms with Crippen molar-refractivity contribution in [2.24, 2.45) is 0 Å². The number of ether oxygens (including phenoxy) is 2. The standard InChI is InChI=1S/C17H20N2O3/c1-13-6-9-19(10-7-13)11-8-17(20)18-14-4-5-15(21-2)16(12-14)22-3/h4-7,9-10,12H,8,11H2,1-3H3/p+1. The van der Waals surface area contributed by atoms with Crippen LogP contribution in [0.4, 0.5) is 5.69 Å². The van der Waals surface area contributed by atoms with Gasteiger partial charge in [-0.15, -0.1) is 0 Å². The second-order valence-electron chi connectivity index (χ2n) is 4.98. The summed E-state index contributed by atoms with van der Waals surface area (Å²) < 4.78 is 12.4. The van der Waals surface area contributed by atoms with Gasteiger partial charge in [-0.25, -0.2) is 4.57 Å². The summed E-state index contributed by atoms with van der Waals surface area (Å²) in [6.45, 7) is 2.67. The molecule has 0 bridgehead atoms. The second kappa shape index (κ2) is 7.45. The molecule has 2 aromatic rings. The van der Waals surface area contributed by atoms with E-state index in [2.05, 4.69) is 5.32 Å². The molecule has 0 aliphatic rings. The number of hydrogen-bond donors (Lipinski definition) is 1. The van der Waals surface area contributed by atoms with E-state index in [1.165, 1.54) is 5.56 Å². The Morgan fingerprint density at radius 3 is 2.41 bits per heavy atom. The molecule has 5 heteroatoms.